The van der Waals surface area contributed by atoms with Crippen LogP contribution in [0.2, 0.25) is 0 Å². The normalized spacial score (nSPS) is 20.5. The highest BCUT2D eigenvalue weighted by Gasteiger charge is 2.33. The van der Waals surface area contributed by atoms with Crippen LogP contribution in [0.4, 0.5) is 0 Å². The van der Waals surface area contributed by atoms with Gasteiger partial charge in [-0.2, -0.15) is 0 Å². The van der Waals surface area contributed by atoms with Gasteiger partial charge in [0.05, 0.1) is 24.4 Å². The van der Waals surface area contributed by atoms with Gasteiger partial charge in [0.2, 0.25) is 5.91 Å². The predicted octanol–water partition coefficient (Wildman–Crippen LogP) is 2.11. The summed E-state index contributed by atoms with van der Waals surface area (Å²) in [4.78, 5) is 24.5. The van der Waals surface area contributed by atoms with E-state index in [4.69, 9.17) is 4.74 Å². The first-order valence-electron chi connectivity index (χ1n) is 9.44. The summed E-state index contributed by atoms with van der Waals surface area (Å²) >= 11 is 1.28. The molecule has 2 fully saturated rings. The SMILES string of the molecule is O=C(CSc1n[nH]c(=O)n1CC1CCCO1)NC(c1ccccc1)C1CC1. The summed E-state index contributed by atoms with van der Waals surface area (Å²) < 4.78 is 7.18. The number of carbonyl (C=O) groups excluding carboxylic acids is 1. The fourth-order valence-corrected chi connectivity index (χ4v) is 4.24. The molecule has 2 aliphatic rings. The molecule has 2 aromatic rings. The lowest BCUT2D eigenvalue weighted by Gasteiger charge is -2.18. The average Bonchev–Trinajstić information content (AvgIpc) is 3.29. The Morgan fingerprint density at radius 2 is 2.15 bits per heavy atom. The molecule has 2 N–H and O–H groups in total. The van der Waals surface area contributed by atoms with Crippen molar-refractivity contribution >= 4 is 17.7 Å². The highest BCUT2D eigenvalue weighted by atomic mass is 32.2. The third kappa shape index (κ3) is 4.62. The van der Waals surface area contributed by atoms with E-state index >= 15 is 0 Å². The number of ether oxygens (including phenoxy) is 1. The Hall–Kier alpha value is -2.06. The lowest BCUT2D eigenvalue weighted by atomic mass is 10.0. The van der Waals surface area contributed by atoms with E-state index in [1.807, 2.05) is 18.2 Å². The molecule has 2 heterocycles. The van der Waals surface area contributed by atoms with Crippen molar-refractivity contribution in [2.45, 2.75) is 49.5 Å². The fourth-order valence-electron chi connectivity index (χ4n) is 3.47. The summed E-state index contributed by atoms with van der Waals surface area (Å²) in [6.07, 6.45) is 4.30. The summed E-state index contributed by atoms with van der Waals surface area (Å²) in [5.41, 5.74) is 0.891. The molecule has 1 aromatic heterocycles. The molecule has 2 atom stereocenters. The Bertz CT molecular complexity index is 825. The van der Waals surface area contributed by atoms with Crippen LogP contribution in [0.5, 0.6) is 0 Å². The van der Waals surface area contributed by atoms with Crippen LogP contribution in [-0.4, -0.2) is 39.1 Å². The van der Waals surface area contributed by atoms with Gasteiger partial charge in [-0.25, -0.2) is 9.89 Å². The van der Waals surface area contributed by atoms with Crippen molar-refractivity contribution in [3.8, 4) is 0 Å². The lowest BCUT2D eigenvalue weighted by molar-refractivity contribution is -0.119. The standard InChI is InChI=1S/C19H24N4O3S/c24-16(20-17(14-8-9-14)13-5-2-1-3-6-13)12-27-19-22-21-18(25)23(19)11-15-7-4-10-26-15/h1-3,5-6,14-15,17H,4,7-12H2,(H,20,24)(H,21,25). The van der Waals surface area contributed by atoms with Gasteiger partial charge in [-0.3, -0.25) is 9.36 Å². The number of nitrogens with one attached hydrogen (secondary N) is 2. The van der Waals surface area contributed by atoms with E-state index in [-0.39, 0.29) is 29.5 Å². The Balaban J connectivity index is 1.36. The molecule has 1 aromatic carbocycles. The molecule has 4 rings (SSSR count). The number of benzene rings is 1. The summed E-state index contributed by atoms with van der Waals surface area (Å²) in [6.45, 7) is 1.22. The molecular weight excluding hydrogens is 364 g/mol. The number of nitrogens with zero attached hydrogens (tertiary/aromatic N) is 2. The molecule has 0 radical (unpaired) electrons. The van der Waals surface area contributed by atoms with E-state index in [1.165, 1.54) is 11.8 Å². The number of rotatable bonds is 8. The molecule has 27 heavy (non-hydrogen) atoms. The zero-order valence-electron chi connectivity index (χ0n) is 15.1. The topological polar surface area (TPSA) is 89.0 Å². The quantitative estimate of drug-likeness (QED) is 0.676. The number of hydrogen-bond donors (Lipinski definition) is 2. The Morgan fingerprint density at radius 3 is 2.85 bits per heavy atom. The van der Waals surface area contributed by atoms with Gasteiger partial charge in [0.25, 0.3) is 0 Å². The summed E-state index contributed by atoms with van der Waals surface area (Å²) in [5.74, 6) is 0.704. The van der Waals surface area contributed by atoms with Gasteiger partial charge in [-0.1, -0.05) is 42.1 Å². The molecule has 144 valence electrons. The van der Waals surface area contributed by atoms with Gasteiger partial charge < -0.3 is 10.1 Å². The van der Waals surface area contributed by atoms with Crippen LogP contribution in [0, 0.1) is 5.92 Å². The van der Waals surface area contributed by atoms with Crippen LogP contribution in [0.15, 0.2) is 40.3 Å². The van der Waals surface area contributed by atoms with Crippen LogP contribution >= 0.6 is 11.8 Å². The molecule has 2 unspecified atom stereocenters. The van der Waals surface area contributed by atoms with E-state index < -0.39 is 0 Å². The number of hydrogen-bond acceptors (Lipinski definition) is 5. The molecule has 1 saturated heterocycles. The highest BCUT2D eigenvalue weighted by Crippen LogP contribution is 2.41. The smallest absolute Gasteiger partial charge is 0.344 e. The van der Waals surface area contributed by atoms with E-state index in [9.17, 15) is 9.59 Å². The Morgan fingerprint density at radius 1 is 1.33 bits per heavy atom. The van der Waals surface area contributed by atoms with Crippen molar-refractivity contribution in [2.24, 2.45) is 5.92 Å². The Kier molecular flexibility index (Phi) is 5.63. The zero-order chi connectivity index (χ0) is 18.6. The number of thioether (sulfide) groups is 1. The molecule has 7 nitrogen and oxygen atoms in total. The zero-order valence-corrected chi connectivity index (χ0v) is 15.9. The maximum absolute atomic E-state index is 12.5. The lowest BCUT2D eigenvalue weighted by Crippen LogP contribution is -2.31. The minimum atomic E-state index is -0.256. The Labute approximate surface area is 161 Å². The van der Waals surface area contributed by atoms with Crippen molar-refractivity contribution in [1.29, 1.82) is 0 Å². The van der Waals surface area contributed by atoms with E-state index in [0.717, 1.165) is 37.9 Å². The second kappa shape index (κ2) is 8.31. The molecule has 0 spiro atoms. The average molecular weight is 388 g/mol. The summed E-state index contributed by atoms with van der Waals surface area (Å²) in [7, 11) is 0. The van der Waals surface area contributed by atoms with Gasteiger partial charge in [-0.05, 0) is 37.2 Å². The predicted molar refractivity (Wildman–Crippen MR) is 103 cm³/mol. The second-order valence-electron chi connectivity index (χ2n) is 7.14. The maximum Gasteiger partial charge on any atom is 0.344 e. The molecule has 1 aliphatic carbocycles. The third-order valence-corrected chi connectivity index (χ3v) is 6.01. The minimum Gasteiger partial charge on any atom is -0.376 e. The third-order valence-electron chi connectivity index (χ3n) is 5.03. The van der Waals surface area contributed by atoms with Gasteiger partial charge >= 0.3 is 5.69 Å². The van der Waals surface area contributed by atoms with E-state index in [0.29, 0.717) is 17.6 Å². The van der Waals surface area contributed by atoms with Crippen LogP contribution in [-0.2, 0) is 16.1 Å². The van der Waals surface area contributed by atoms with Crippen LogP contribution < -0.4 is 11.0 Å². The summed E-state index contributed by atoms with van der Waals surface area (Å²) in [6, 6.07) is 10.2. The van der Waals surface area contributed by atoms with E-state index in [2.05, 4.69) is 27.6 Å². The monoisotopic (exact) mass is 388 g/mol. The van der Waals surface area contributed by atoms with Crippen molar-refractivity contribution in [1.82, 2.24) is 20.1 Å². The number of carbonyl (C=O) groups is 1. The number of aromatic nitrogens is 3. The van der Waals surface area contributed by atoms with Gasteiger partial charge in [0.15, 0.2) is 5.16 Å². The number of amides is 1. The molecule has 1 aliphatic heterocycles. The van der Waals surface area contributed by atoms with E-state index in [1.54, 1.807) is 4.57 Å². The molecule has 1 amide bonds. The first kappa shape index (κ1) is 18.3. The van der Waals surface area contributed by atoms with Gasteiger partial charge in [0.1, 0.15) is 0 Å². The van der Waals surface area contributed by atoms with Crippen LogP contribution in [0.3, 0.4) is 0 Å². The summed E-state index contributed by atoms with van der Waals surface area (Å²) in [5, 5.41) is 10.2. The molecule has 1 saturated carbocycles. The first-order valence-corrected chi connectivity index (χ1v) is 10.4. The largest absolute Gasteiger partial charge is 0.376 e. The number of H-pyrrole nitrogens is 1. The molecule has 0 bridgehead atoms. The van der Waals surface area contributed by atoms with Crippen LogP contribution in [0.25, 0.3) is 0 Å². The van der Waals surface area contributed by atoms with Crippen molar-refractivity contribution in [3.05, 3.63) is 46.4 Å². The van der Waals surface area contributed by atoms with Crippen molar-refractivity contribution in [2.75, 3.05) is 12.4 Å². The van der Waals surface area contributed by atoms with Gasteiger partial charge in [0, 0.05) is 6.61 Å². The number of aromatic amines is 1. The maximum atomic E-state index is 12.5. The first-order chi connectivity index (χ1) is 13.2. The van der Waals surface area contributed by atoms with Crippen molar-refractivity contribution < 1.29 is 9.53 Å². The molecular formula is C19H24N4O3S. The minimum absolute atomic E-state index is 0.0418. The second-order valence-corrected chi connectivity index (χ2v) is 8.08. The highest BCUT2D eigenvalue weighted by molar-refractivity contribution is 7.99. The fraction of sp³-hybridized carbons (Fsp3) is 0.526. The van der Waals surface area contributed by atoms with Crippen LogP contribution in [0.1, 0.15) is 37.3 Å². The van der Waals surface area contributed by atoms with Gasteiger partial charge in [-0.15, -0.1) is 5.10 Å². The molecule has 8 heteroatoms. The van der Waals surface area contributed by atoms with Crippen molar-refractivity contribution in [3.63, 3.8) is 0 Å².